The van der Waals surface area contributed by atoms with Crippen molar-refractivity contribution in [2.75, 3.05) is 26.7 Å². The third-order valence-electron chi connectivity index (χ3n) is 4.27. The van der Waals surface area contributed by atoms with Gasteiger partial charge in [0.25, 0.3) is 0 Å². The molecule has 0 unspecified atom stereocenters. The van der Waals surface area contributed by atoms with E-state index in [2.05, 4.69) is 15.6 Å². The molecule has 0 fully saturated rings. The molecule has 0 aliphatic rings. The SMILES string of the molecule is CCNC(=NCCCCn1ccccc1=O)NCCc1ccc(OC)cc1Cl.I. The summed E-state index contributed by atoms with van der Waals surface area (Å²) < 4.78 is 6.90. The maximum Gasteiger partial charge on any atom is 0.250 e. The van der Waals surface area contributed by atoms with Crippen LogP contribution in [-0.4, -0.2) is 37.3 Å². The number of methoxy groups -OCH3 is 1. The smallest absolute Gasteiger partial charge is 0.250 e. The number of nitrogens with one attached hydrogen (secondary N) is 2. The number of nitrogens with zero attached hydrogens (tertiary/aromatic N) is 2. The van der Waals surface area contributed by atoms with Gasteiger partial charge in [-0.05, 0) is 49.9 Å². The molecule has 160 valence electrons. The molecule has 0 radical (unpaired) electrons. The number of guanidine groups is 1. The van der Waals surface area contributed by atoms with Gasteiger partial charge in [-0.2, -0.15) is 0 Å². The first-order valence-corrected chi connectivity index (χ1v) is 10.0. The Labute approximate surface area is 194 Å². The molecular formula is C21H30ClIN4O2. The van der Waals surface area contributed by atoms with E-state index in [4.69, 9.17) is 16.3 Å². The van der Waals surface area contributed by atoms with E-state index in [1.165, 1.54) is 0 Å². The predicted molar refractivity (Wildman–Crippen MR) is 131 cm³/mol. The number of halogens is 2. The Morgan fingerprint density at radius 3 is 2.72 bits per heavy atom. The first-order chi connectivity index (χ1) is 13.6. The molecule has 0 spiro atoms. The van der Waals surface area contributed by atoms with E-state index < -0.39 is 0 Å². The Bertz CT molecular complexity index is 826. The topological polar surface area (TPSA) is 67.7 Å². The van der Waals surface area contributed by atoms with E-state index in [1.807, 2.05) is 37.4 Å². The number of rotatable bonds is 10. The van der Waals surface area contributed by atoms with Crippen molar-refractivity contribution in [1.29, 1.82) is 0 Å². The molecule has 0 atom stereocenters. The van der Waals surface area contributed by atoms with Crippen molar-refractivity contribution < 1.29 is 4.74 Å². The zero-order valence-electron chi connectivity index (χ0n) is 17.0. The summed E-state index contributed by atoms with van der Waals surface area (Å²) >= 11 is 6.29. The molecule has 2 aromatic rings. The van der Waals surface area contributed by atoms with Gasteiger partial charge in [0.1, 0.15) is 5.75 Å². The molecule has 1 heterocycles. The molecular weight excluding hydrogens is 503 g/mol. The van der Waals surface area contributed by atoms with Gasteiger partial charge in [0.2, 0.25) is 5.56 Å². The lowest BCUT2D eigenvalue weighted by molar-refractivity contribution is 0.414. The van der Waals surface area contributed by atoms with Crippen LogP contribution in [-0.2, 0) is 13.0 Å². The minimum atomic E-state index is 0. The Morgan fingerprint density at radius 2 is 2.03 bits per heavy atom. The number of benzene rings is 1. The molecule has 0 aliphatic carbocycles. The second kappa shape index (κ2) is 14.3. The highest BCUT2D eigenvalue weighted by Crippen LogP contribution is 2.22. The van der Waals surface area contributed by atoms with Crippen molar-refractivity contribution in [3.05, 3.63) is 63.5 Å². The van der Waals surface area contributed by atoms with Crippen LogP contribution in [0.5, 0.6) is 5.75 Å². The number of hydrogen-bond donors (Lipinski definition) is 2. The van der Waals surface area contributed by atoms with E-state index in [1.54, 1.807) is 23.8 Å². The third-order valence-corrected chi connectivity index (χ3v) is 4.62. The molecule has 0 amide bonds. The number of aliphatic imine (C=N–C) groups is 1. The lowest BCUT2D eigenvalue weighted by Crippen LogP contribution is -2.38. The average molecular weight is 533 g/mol. The summed E-state index contributed by atoms with van der Waals surface area (Å²) in [5.41, 5.74) is 1.11. The summed E-state index contributed by atoms with van der Waals surface area (Å²) in [6.07, 6.45) is 4.45. The standard InChI is InChI=1S/C21H29ClN4O2.HI/c1-3-23-21(24-12-5-7-15-26-14-6-4-8-20(26)27)25-13-11-17-9-10-18(28-2)16-19(17)22;/h4,6,8-10,14,16H,3,5,7,11-13,15H2,1-2H3,(H2,23,24,25);1H. The normalized spacial score (nSPS) is 10.9. The van der Waals surface area contributed by atoms with Crippen molar-refractivity contribution in [3.8, 4) is 5.75 Å². The first kappa shape index (κ1) is 25.3. The molecule has 2 N–H and O–H groups in total. The van der Waals surface area contributed by atoms with Crippen LogP contribution in [0, 0.1) is 0 Å². The minimum Gasteiger partial charge on any atom is -0.497 e. The molecule has 0 saturated carbocycles. The maximum atomic E-state index is 11.7. The van der Waals surface area contributed by atoms with Crippen LogP contribution in [0.25, 0.3) is 0 Å². The molecule has 29 heavy (non-hydrogen) atoms. The number of pyridine rings is 1. The zero-order chi connectivity index (χ0) is 20.2. The third kappa shape index (κ3) is 9.08. The number of aryl methyl sites for hydroxylation is 1. The summed E-state index contributed by atoms with van der Waals surface area (Å²) in [4.78, 5) is 16.3. The van der Waals surface area contributed by atoms with Crippen LogP contribution in [0.4, 0.5) is 0 Å². The maximum absolute atomic E-state index is 11.7. The molecule has 0 saturated heterocycles. The molecule has 1 aromatic carbocycles. The highest BCUT2D eigenvalue weighted by molar-refractivity contribution is 14.0. The summed E-state index contributed by atoms with van der Waals surface area (Å²) in [6, 6.07) is 10.9. The van der Waals surface area contributed by atoms with E-state index in [0.717, 1.165) is 56.2 Å². The van der Waals surface area contributed by atoms with Crippen LogP contribution in [0.2, 0.25) is 5.02 Å². The molecule has 0 bridgehead atoms. The van der Waals surface area contributed by atoms with Crippen molar-refractivity contribution in [3.63, 3.8) is 0 Å². The highest BCUT2D eigenvalue weighted by atomic mass is 127. The number of aromatic nitrogens is 1. The number of hydrogen-bond acceptors (Lipinski definition) is 3. The zero-order valence-corrected chi connectivity index (χ0v) is 20.1. The first-order valence-electron chi connectivity index (χ1n) is 9.64. The lowest BCUT2D eigenvalue weighted by atomic mass is 10.1. The summed E-state index contributed by atoms with van der Waals surface area (Å²) in [7, 11) is 1.63. The minimum absolute atomic E-state index is 0. The Morgan fingerprint density at radius 1 is 1.21 bits per heavy atom. The number of ether oxygens (including phenoxy) is 1. The van der Waals surface area contributed by atoms with Crippen molar-refractivity contribution in [1.82, 2.24) is 15.2 Å². The number of unbranched alkanes of at least 4 members (excludes halogenated alkanes) is 1. The molecule has 1 aromatic heterocycles. The monoisotopic (exact) mass is 532 g/mol. The lowest BCUT2D eigenvalue weighted by Gasteiger charge is -2.12. The second-order valence-corrected chi connectivity index (χ2v) is 6.74. The van der Waals surface area contributed by atoms with Gasteiger partial charge in [-0.15, -0.1) is 24.0 Å². The van der Waals surface area contributed by atoms with Gasteiger partial charge in [0.15, 0.2) is 5.96 Å². The fraction of sp³-hybridized carbons (Fsp3) is 0.429. The van der Waals surface area contributed by atoms with Crippen LogP contribution >= 0.6 is 35.6 Å². The van der Waals surface area contributed by atoms with Crippen LogP contribution in [0.1, 0.15) is 25.3 Å². The molecule has 8 heteroatoms. The summed E-state index contributed by atoms with van der Waals surface area (Å²) in [5, 5.41) is 7.29. The molecule has 0 aliphatic heterocycles. The van der Waals surface area contributed by atoms with Crippen molar-refractivity contribution in [2.45, 2.75) is 32.7 Å². The van der Waals surface area contributed by atoms with Crippen LogP contribution < -0.4 is 20.9 Å². The summed E-state index contributed by atoms with van der Waals surface area (Å²) in [6.45, 7) is 5.00. The quantitative estimate of drug-likeness (QED) is 0.212. The van der Waals surface area contributed by atoms with E-state index in [-0.39, 0.29) is 29.5 Å². The van der Waals surface area contributed by atoms with Crippen molar-refractivity contribution in [2.24, 2.45) is 4.99 Å². The van der Waals surface area contributed by atoms with Gasteiger partial charge in [-0.25, -0.2) is 0 Å². The van der Waals surface area contributed by atoms with Crippen molar-refractivity contribution >= 4 is 41.5 Å². The van der Waals surface area contributed by atoms with Gasteiger partial charge >= 0.3 is 0 Å². The largest absolute Gasteiger partial charge is 0.497 e. The van der Waals surface area contributed by atoms with Gasteiger partial charge in [0.05, 0.1) is 7.11 Å². The predicted octanol–water partition coefficient (Wildman–Crippen LogP) is 3.71. The summed E-state index contributed by atoms with van der Waals surface area (Å²) in [5.74, 6) is 1.55. The van der Waals surface area contributed by atoms with Gasteiger partial charge in [-0.3, -0.25) is 9.79 Å². The van der Waals surface area contributed by atoms with Gasteiger partial charge in [-0.1, -0.05) is 23.7 Å². The Hall–Kier alpha value is -1.74. The van der Waals surface area contributed by atoms with E-state index >= 15 is 0 Å². The molecule has 6 nitrogen and oxygen atoms in total. The van der Waals surface area contributed by atoms with Gasteiger partial charge < -0.3 is 19.9 Å². The fourth-order valence-corrected chi connectivity index (χ4v) is 3.01. The van der Waals surface area contributed by atoms with Crippen LogP contribution in [0.15, 0.2) is 52.4 Å². The van der Waals surface area contributed by atoms with Gasteiger partial charge in [0, 0.05) is 43.5 Å². The average Bonchev–Trinajstić information content (AvgIpc) is 2.70. The molecule has 2 rings (SSSR count). The van der Waals surface area contributed by atoms with E-state index in [0.29, 0.717) is 11.6 Å². The van der Waals surface area contributed by atoms with E-state index in [9.17, 15) is 4.79 Å². The Kier molecular flexibility index (Phi) is 12.5. The Balaban J connectivity index is 0.00000420. The highest BCUT2D eigenvalue weighted by Gasteiger charge is 2.03. The fourth-order valence-electron chi connectivity index (χ4n) is 2.75. The second-order valence-electron chi connectivity index (χ2n) is 6.33. The van der Waals surface area contributed by atoms with Crippen LogP contribution in [0.3, 0.4) is 0 Å².